The van der Waals surface area contributed by atoms with Gasteiger partial charge in [-0.3, -0.25) is 4.68 Å². The largest absolute Gasteiger partial charge is 0.264 e. The van der Waals surface area contributed by atoms with E-state index in [2.05, 4.69) is 5.10 Å². The molecule has 2 aromatic rings. The fraction of sp³-hybridized carbons (Fsp3) is 0.308. The molecule has 2 rings (SSSR count). The van der Waals surface area contributed by atoms with Gasteiger partial charge in [0.05, 0.1) is 17.9 Å². The first-order valence-corrected chi connectivity index (χ1v) is 7.46. The molecule has 0 spiro atoms. The quantitative estimate of drug-likeness (QED) is 0.925. The molecule has 5 nitrogen and oxygen atoms in total. The van der Waals surface area contributed by atoms with Crippen LogP contribution < -0.4 is 5.14 Å². The number of nitrogens with two attached hydrogens (primary N) is 1. The molecule has 0 atom stereocenters. The molecule has 1 aromatic heterocycles. The predicted molar refractivity (Wildman–Crippen MR) is 73.4 cm³/mol. The van der Waals surface area contributed by atoms with E-state index in [1.807, 2.05) is 31.2 Å². The Balaban J connectivity index is 2.40. The van der Waals surface area contributed by atoms with Crippen molar-refractivity contribution in [2.45, 2.75) is 32.2 Å². The molecule has 0 amide bonds. The van der Waals surface area contributed by atoms with E-state index in [0.29, 0.717) is 17.9 Å². The summed E-state index contributed by atoms with van der Waals surface area (Å²) in [6.07, 6.45) is 0. The first-order valence-electron chi connectivity index (χ1n) is 5.91. The van der Waals surface area contributed by atoms with E-state index in [4.69, 9.17) is 5.14 Å². The van der Waals surface area contributed by atoms with E-state index in [1.54, 1.807) is 18.5 Å². The van der Waals surface area contributed by atoms with Crippen molar-refractivity contribution in [3.8, 4) is 0 Å². The Morgan fingerprint density at radius 1 is 1.16 bits per heavy atom. The molecule has 1 aromatic carbocycles. The Morgan fingerprint density at radius 2 is 1.74 bits per heavy atom. The number of primary sulfonamides is 1. The summed E-state index contributed by atoms with van der Waals surface area (Å²) in [5.74, 6) is 0. The number of aryl methyl sites for hydroxylation is 2. The van der Waals surface area contributed by atoms with Gasteiger partial charge in [0.15, 0.2) is 0 Å². The van der Waals surface area contributed by atoms with E-state index in [-0.39, 0.29) is 4.90 Å². The highest BCUT2D eigenvalue weighted by molar-refractivity contribution is 7.89. The number of benzene rings is 1. The average Bonchev–Trinajstić information content (AvgIpc) is 2.56. The molecule has 0 aliphatic heterocycles. The van der Waals surface area contributed by atoms with Crippen molar-refractivity contribution in [3.63, 3.8) is 0 Å². The van der Waals surface area contributed by atoms with Gasteiger partial charge in [-0.1, -0.05) is 29.8 Å². The van der Waals surface area contributed by atoms with E-state index < -0.39 is 10.0 Å². The van der Waals surface area contributed by atoms with Crippen LogP contribution in [0, 0.1) is 20.8 Å². The summed E-state index contributed by atoms with van der Waals surface area (Å²) < 4.78 is 24.7. The second-order valence-electron chi connectivity index (χ2n) is 4.69. The molecule has 0 aliphatic carbocycles. The van der Waals surface area contributed by atoms with Crippen LogP contribution in [-0.4, -0.2) is 18.2 Å². The first kappa shape index (κ1) is 13.8. The SMILES string of the molecule is Cc1ccc(Cn2nc(C)c(S(N)(=O)=O)c2C)cc1. The second-order valence-corrected chi connectivity index (χ2v) is 6.19. The molecule has 0 unspecified atom stereocenters. The molecule has 0 bridgehead atoms. The van der Waals surface area contributed by atoms with Gasteiger partial charge < -0.3 is 0 Å². The van der Waals surface area contributed by atoms with Crippen molar-refractivity contribution in [1.82, 2.24) is 9.78 Å². The fourth-order valence-corrected chi connectivity index (χ4v) is 3.08. The molecule has 102 valence electrons. The summed E-state index contributed by atoms with van der Waals surface area (Å²) in [6.45, 7) is 5.92. The van der Waals surface area contributed by atoms with Gasteiger partial charge in [0, 0.05) is 0 Å². The third kappa shape index (κ3) is 2.85. The predicted octanol–water partition coefficient (Wildman–Crippen LogP) is 1.50. The minimum atomic E-state index is -3.73. The van der Waals surface area contributed by atoms with E-state index in [1.165, 1.54) is 5.56 Å². The molecule has 0 fully saturated rings. The van der Waals surface area contributed by atoms with E-state index in [9.17, 15) is 8.42 Å². The Labute approximate surface area is 113 Å². The van der Waals surface area contributed by atoms with Crippen LogP contribution in [0.1, 0.15) is 22.5 Å². The summed E-state index contributed by atoms with van der Waals surface area (Å²) in [5.41, 5.74) is 3.26. The van der Waals surface area contributed by atoms with Crippen LogP contribution in [0.15, 0.2) is 29.2 Å². The van der Waals surface area contributed by atoms with Gasteiger partial charge >= 0.3 is 0 Å². The van der Waals surface area contributed by atoms with Gasteiger partial charge in [0.2, 0.25) is 10.0 Å². The smallest absolute Gasteiger partial charge is 0.241 e. The molecule has 19 heavy (non-hydrogen) atoms. The standard InChI is InChI=1S/C13H17N3O2S/c1-9-4-6-12(7-5-9)8-16-11(3)13(10(2)15-16)19(14,17)18/h4-7H,8H2,1-3H3,(H2,14,17,18). The van der Waals surface area contributed by atoms with E-state index in [0.717, 1.165) is 5.56 Å². The second kappa shape index (κ2) is 4.79. The lowest BCUT2D eigenvalue weighted by atomic mass is 10.1. The molecular weight excluding hydrogens is 262 g/mol. The maximum Gasteiger partial charge on any atom is 0.241 e. The van der Waals surface area contributed by atoms with Gasteiger partial charge in [-0.25, -0.2) is 13.6 Å². The zero-order valence-electron chi connectivity index (χ0n) is 11.2. The zero-order valence-corrected chi connectivity index (χ0v) is 12.0. The highest BCUT2D eigenvalue weighted by Crippen LogP contribution is 2.18. The lowest BCUT2D eigenvalue weighted by Gasteiger charge is -2.05. The summed E-state index contributed by atoms with van der Waals surface area (Å²) in [4.78, 5) is 0.125. The summed E-state index contributed by atoms with van der Waals surface area (Å²) in [5, 5.41) is 9.46. The van der Waals surface area contributed by atoms with Crippen LogP contribution in [-0.2, 0) is 16.6 Å². The average molecular weight is 279 g/mol. The van der Waals surface area contributed by atoms with Crippen molar-refractivity contribution in [1.29, 1.82) is 0 Å². The molecule has 2 N–H and O–H groups in total. The fourth-order valence-electron chi connectivity index (χ4n) is 2.11. The molecule has 0 radical (unpaired) electrons. The summed E-state index contributed by atoms with van der Waals surface area (Å²) in [6, 6.07) is 8.04. The van der Waals surface area contributed by atoms with Gasteiger partial charge in [0.25, 0.3) is 0 Å². The van der Waals surface area contributed by atoms with Gasteiger partial charge in [-0.05, 0) is 26.3 Å². The molecule has 0 aliphatic rings. The number of hydrogen-bond acceptors (Lipinski definition) is 3. The molecule has 0 saturated heterocycles. The van der Waals surface area contributed by atoms with Crippen LogP contribution in [0.3, 0.4) is 0 Å². The first-order chi connectivity index (χ1) is 8.79. The highest BCUT2D eigenvalue weighted by Gasteiger charge is 2.20. The minimum absolute atomic E-state index is 0.125. The lowest BCUT2D eigenvalue weighted by molar-refractivity contribution is 0.595. The van der Waals surface area contributed by atoms with Crippen molar-refractivity contribution < 1.29 is 8.42 Å². The number of aromatic nitrogens is 2. The third-order valence-corrected chi connectivity index (χ3v) is 4.21. The van der Waals surface area contributed by atoms with Crippen molar-refractivity contribution in [2.75, 3.05) is 0 Å². The molecular formula is C13H17N3O2S. The third-order valence-electron chi connectivity index (χ3n) is 3.05. The minimum Gasteiger partial charge on any atom is -0.264 e. The Kier molecular flexibility index (Phi) is 3.47. The van der Waals surface area contributed by atoms with Crippen LogP contribution >= 0.6 is 0 Å². The number of hydrogen-bond donors (Lipinski definition) is 1. The van der Waals surface area contributed by atoms with Gasteiger partial charge in [-0.15, -0.1) is 0 Å². The van der Waals surface area contributed by atoms with Crippen LogP contribution in [0.4, 0.5) is 0 Å². The van der Waals surface area contributed by atoms with Crippen LogP contribution in [0.25, 0.3) is 0 Å². The topological polar surface area (TPSA) is 78.0 Å². The van der Waals surface area contributed by atoms with Crippen molar-refractivity contribution in [2.24, 2.45) is 5.14 Å². The monoisotopic (exact) mass is 279 g/mol. The Hall–Kier alpha value is -1.66. The number of rotatable bonds is 3. The number of nitrogens with zero attached hydrogens (tertiary/aromatic N) is 2. The normalized spacial score (nSPS) is 11.8. The molecule has 6 heteroatoms. The van der Waals surface area contributed by atoms with Crippen molar-refractivity contribution in [3.05, 3.63) is 46.8 Å². The highest BCUT2D eigenvalue weighted by atomic mass is 32.2. The van der Waals surface area contributed by atoms with Gasteiger partial charge in [-0.2, -0.15) is 5.10 Å². The number of sulfonamides is 1. The Bertz CT molecular complexity index is 700. The van der Waals surface area contributed by atoms with Crippen LogP contribution in [0.2, 0.25) is 0 Å². The summed E-state index contributed by atoms with van der Waals surface area (Å²) >= 11 is 0. The van der Waals surface area contributed by atoms with E-state index >= 15 is 0 Å². The van der Waals surface area contributed by atoms with Crippen molar-refractivity contribution >= 4 is 10.0 Å². The Morgan fingerprint density at radius 3 is 2.21 bits per heavy atom. The zero-order chi connectivity index (χ0) is 14.2. The molecule has 1 heterocycles. The maximum absolute atomic E-state index is 11.5. The van der Waals surface area contributed by atoms with Gasteiger partial charge in [0.1, 0.15) is 4.90 Å². The summed E-state index contributed by atoms with van der Waals surface area (Å²) in [7, 11) is -3.73. The van der Waals surface area contributed by atoms with Crippen LogP contribution in [0.5, 0.6) is 0 Å². The lowest BCUT2D eigenvalue weighted by Crippen LogP contribution is -2.14. The maximum atomic E-state index is 11.5. The molecule has 0 saturated carbocycles.